The summed E-state index contributed by atoms with van der Waals surface area (Å²) in [5.74, 6) is -0.0101. The molecule has 1 aliphatic rings. The Hall–Kier alpha value is -2.45. The van der Waals surface area contributed by atoms with E-state index in [2.05, 4.69) is 10.3 Å². The highest BCUT2D eigenvalue weighted by Crippen LogP contribution is 2.20. The van der Waals surface area contributed by atoms with E-state index in [0.717, 1.165) is 18.4 Å². The molecule has 0 saturated carbocycles. The van der Waals surface area contributed by atoms with Crippen molar-refractivity contribution in [3.8, 4) is 5.88 Å². The molecule has 0 atom stereocenters. The summed E-state index contributed by atoms with van der Waals surface area (Å²) < 4.78 is 26.7. The monoisotopic (exact) mass is 403 g/mol. The highest BCUT2D eigenvalue weighted by atomic mass is 32.2. The molecule has 3 rings (SSSR count). The van der Waals surface area contributed by atoms with Crippen molar-refractivity contribution in [1.29, 1.82) is 0 Å². The van der Waals surface area contributed by atoms with Gasteiger partial charge in [-0.2, -0.15) is 0 Å². The van der Waals surface area contributed by atoms with Crippen molar-refractivity contribution in [2.45, 2.75) is 19.3 Å². The lowest BCUT2D eigenvalue weighted by molar-refractivity contribution is 0.0941. The first-order chi connectivity index (χ1) is 13.4. The summed E-state index contributed by atoms with van der Waals surface area (Å²) in [6, 6.07) is 12.5. The average Bonchev–Trinajstić information content (AvgIpc) is 2.72. The Kier molecular flexibility index (Phi) is 6.64. The summed E-state index contributed by atoms with van der Waals surface area (Å²) >= 11 is 0. The normalized spacial score (nSPS) is 16.0. The zero-order chi connectivity index (χ0) is 20.0. The van der Waals surface area contributed by atoms with Crippen molar-refractivity contribution in [2.24, 2.45) is 5.92 Å². The molecule has 1 amide bonds. The van der Waals surface area contributed by atoms with Gasteiger partial charge in [-0.05, 0) is 36.8 Å². The lowest BCUT2D eigenvalue weighted by Gasteiger charge is -2.31. The second-order valence-electron chi connectivity index (χ2n) is 7.01. The largest absolute Gasteiger partial charge is 0.493 e. The van der Waals surface area contributed by atoms with Crippen LogP contribution in [0, 0.1) is 5.92 Å². The first-order valence-electron chi connectivity index (χ1n) is 9.39. The van der Waals surface area contributed by atoms with Crippen LogP contribution in [0.3, 0.4) is 0 Å². The Morgan fingerprint density at radius 2 is 1.86 bits per heavy atom. The fraction of sp³-hybridized carbons (Fsp3) is 0.400. The molecule has 28 heavy (non-hydrogen) atoms. The van der Waals surface area contributed by atoms with E-state index >= 15 is 0 Å². The van der Waals surface area contributed by atoms with Crippen LogP contribution in [0.1, 0.15) is 28.8 Å². The van der Waals surface area contributed by atoms with Crippen molar-refractivity contribution in [2.75, 3.05) is 25.4 Å². The summed E-state index contributed by atoms with van der Waals surface area (Å²) in [5, 5.41) is 12.0. The number of carbonyl (C=O) groups is 1. The highest BCUT2D eigenvalue weighted by molar-refractivity contribution is 7.89. The summed E-state index contributed by atoms with van der Waals surface area (Å²) in [6.07, 6.45) is 3.28. The summed E-state index contributed by atoms with van der Waals surface area (Å²) in [6.45, 7) is 1.47. The molecule has 0 unspecified atom stereocenters. The summed E-state index contributed by atoms with van der Waals surface area (Å²) in [5.41, 5.74) is 1.41. The van der Waals surface area contributed by atoms with Crippen LogP contribution in [0.15, 0.2) is 48.7 Å². The number of aromatic hydroxyl groups is 1. The van der Waals surface area contributed by atoms with Gasteiger partial charge in [-0.3, -0.25) is 4.79 Å². The molecule has 8 heteroatoms. The number of aromatic nitrogens is 1. The third kappa shape index (κ3) is 5.53. The van der Waals surface area contributed by atoms with Gasteiger partial charge in [0, 0.05) is 31.9 Å². The number of aryl methyl sites for hydroxylation is 1. The SMILES string of the molecule is O=C(NCC1CCN(S(=O)(=O)CCc2ccccc2)CC1)c1ccc(O)nc1. The van der Waals surface area contributed by atoms with Crippen molar-refractivity contribution in [3.05, 3.63) is 59.8 Å². The van der Waals surface area contributed by atoms with Crippen molar-refractivity contribution in [1.82, 2.24) is 14.6 Å². The van der Waals surface area contributed by atoms with Crippen LogP contribution in [0.25, 0.3) is 0 Å². The first kappa shape index (κ1) is 20.3. The van der Waals surface area contributed by atoms with Crippen molar-refractivity contribution >= 4 is 15.9 Å². The molecule has 1 saturated heterocycles. The maximum atomic E-state index is 12.6. The Bertz CT molecular complexity index is 877. The standard InChI is InChI=1S/C20H25N3O4S/c24-19-7-6-18(15-21-19)20(25)22-14-17-8-11-23(12-9-17)28(26,27)13-10-16-4-2-1-3-5-16/h1-7,15,17H,8-14H2,(H,21,24)(H,22,25). The van der Waals surface area contributed by atoms with Gasteiger partial charge in [-0.25, -0.2) is 17.7 Å². The molecule has 150 valence electrons. The van der Waals surface area contributed by atoms with Crippen LogP contribution in [0.2, 0.25) is 0 Å². The molecule has 2 aromatic rings. The molecule has 2 N–H and O–H groups in total. The number of rotatable bonds is 7. The van der Waals surface area contributed by atoms with E-state index in [1.807, 2.05) is 30.3 Å². The molecular weight excluding hydrogens is 378 g/mol. The lowest BCUT2D eigenvalue weighted by atomic mass is 9.98. The van der Waals surface area contributed by atoms with Gasteiger partial charge in [0.05, 0.1) is 11.3 Å². The number of piperidine rings is 1. The van der Waals surface area contributed by atoms with E-state index in [4.69, 9.17) is 5.11 Å². The molecule has 0 radical (unpaired) electrons. The second-order valence-corrected chi connectivity index (χ2v) is 9.10. The predicted molar refractivity (Wildman–Crippen MR) is 106 cm³/mol. The second kappa shape index (κ2) is 9.16. The molecule has 1 aromatic heterocycles. The molecule has 1 aliphatic heterocycles. The number of nitrogens with zero attached hydrogens (tertiary/aromatic N) is 2. The van der Waals surface area contributed by atoms with E-state index in [0.29, 0.717) is 31.6 Å². The van der Waals surface area contributed by atoms with E-state index in [1.165, 1.54) is 18.3 Å². The van der Waals surface area contributed by atoms with Crippen LogP contribution in [-0.4, -0.2) is 54.1 Å². The highest BCUT2D eigenvalue weighted by Gasteiger charge is 2.28. The topological polar surface area (TPSA) is 99.6 Å². The smallest absolute Gasteiger partial charge is 0.252 e. The van der Waals surface area contributed by atoms with E-state index in [9.17, 15) is 13.2 Å². The van der Waals surface area contributed by atoms with Crippen molar-refractivity contribution in [3.63, 3.8) is 0 Å². The molecule has 0 bridgehead atoms. The van der Waals surface area contributed by atoms with Crippen LogP contribution in [-0.2, 0) is 16.4 Å². The van der Waals surface area contributed by atoms with Gasteiger partial charge < -0.3 is 10.4 Å². The Balaban J connectivity index is 1.43. The number of pyridine rings is 1. The van der Waals surface area contributed by atoms with E-state index in [1.54, 1.807) is 4.31 Å². The Labute approximate surface area is 165 Å². The molecular formula is C20H25N3O4S. The molecule has 7 nitrogen and oxygen atoms in total. The first-order valence-corrected chi connectivity index (χ1v) is 11.0. The van der Waals surface area contributed by atoms with Gasteiger partial charge in [0.15, 0.2) is 0 Å². The molecule has 1 aromatic carbocycles. The van der Waals surface area contributed by atoms with Gasteiger partial charge in [-0.15, -0.1) is 0 Å². The summed E-state index contributed by atoms with van der Waals surface area (Å²) in [4.78, 5) is 15.8. The van der Waals surface area contributed by atoms with Gasteiger partial charge in [0.1, 0.15) is 0 Å². The quantitative estimate of drug-likeness (QED) is 0.734. The molecule has 2 heterocycles. The number of amides is 1. The number of benzene rings is 1. The fourth-order valence-corrected chi connectivity index (χ4v) is 4.79. The van der Waals surface area contributed by atoms with Crippen molar-refractivity contribution < 1.29 is 18.3 Å². The molecule has 1 fully saturated rings. The minimum Gasteiger partial charge on any atom is -0.493 e. The maximum Gasteiger partial charge on any atom is 0.252 e. The van der Waals surface area contributed by atoms with Gasteiger partial charge in [-0.1, -0.05) is 30.3 Å². The summed E-state index contributed by atoms with van der Waals surface area (Å²) in [7, 11) is -3.27. The maximum absolute atomic E-state index is 12.6. The van der Waals surface area contributed by atoms with Gasteiger partial charge in [0.25, 0.3) is 5.91 Å². The van der Waals surface area contributed by atoms with Gasteiger partial charge in [0.2, 0.25) is 15.9 Å². The zero-order valence-corrected chi connectivity index (χ0v) is 16.4. The van der Waals surface area contributed by atoms with Crippen LogP contribution in [0.5, 0.6) is 5.88 Å². The van der Waals surface area contributed by atoms with Crippen LogP contribution < -0.4 is 5.32 Å². The fourth-order valence-electron chi connectivity index (χ4n) is 3.27. The van der Waals surface area contributed by atoms with E-state index < -0.39 is 10.0 Å². The number of nitrogens with one attached hydrogen (secondary N) is 1. The predicted octanol–water partition coefficient (Wildman–Crippen LogP) is 1.80. The van der Waals surface area contributed by atoms with Crippen LogP contribution >= 0.6 is 0 Å². The number of carbonyl (C=O) groups excluding carboxylic acids is 1. The lowest BCUT2D eigenvalue weighted by Crippen LogP contribution is -2.42. The minimum absolute atomic E-state index is 0.117. The average molecular weight is 404 g/mol. The number of hydrogen-bond donors (Lipinski definition) is 2. The third-order valence-electron chi connectivity index (χ3n) is 5.02. The third-order valence-corrected chi connectivity index (χ3v) is 6.89. The Morgan fingerprint density at radius 3 is 2.50 bits per heavy atom. The van der Waals surface area contributed by atoms with Crippen LogP contribution in [0.4, 0.5) is 0 Å². The van der Waals surface area contributed by atoms with E-state index in [-0.39, 0.29) is 23.5 Å². The Morgan fingerprint density at radius 1 is 1.14 bits per heavy atom. The van der Waals surface area contributed by atoms with Gasteiger partial charge >= 0.3 is 0 Å². The minimum atomic E-state index is -3.27. The number of hydrogen-bond acceptors (Lipinski definition) is 5. The zero-order valence-electron chi connectivity index (χ0n) is 15.6. The molecule has 0 aliphatic carbocycles. The molecule has 0 spiro atoms. The number of sulfonamides is 1.